The second kappa shape index (κ2) is 11.6. The van der Waals surface area contributed by atoms with Crippen LogP contribution in [0.4, 0.5) is 5.13 Å². The van der Waals surface area contributed by atoms with Crippen molar-refractivity contribution in [3.8, 4) is 11.4 Å². The zero-order valence-electron chi connectivity index (χ0n) is 12.4. The third-order valence-corrected chi connectivity index (χ3v) is 3.56. The van der Waals surface area contributed by atoms with Crippen LogP contribution in [0.3, 0.4) is 0 Å². The first-order valence-corrected chi connectivity index (χ1v) is 7.68. The molecule has 2 rings (SSSR count). The van der Waals surface area contributed by atoms with Gasteiger partial charge in [-0.25, -0.2) is 9.97 Å². The van der Waals surface area contributed by atoms with E-state index in [2.05, 4.69) is 32.2 Å². The minimum Gasteiger partial charge on any atom is -0.370 e. The number of guanidine groups is 1. The van der Waals surface area contributed by atoms with Crippen LogP contribution in [0.5, 0.6) is 0 Å². The fourth-order valence-corrected chi connectivity index (χ4v) is 2.46. The molecule has 0 aromatic carbocycles. The number of nitrogens with two attached hydrogens (primary N) is 1. The van der Waals surface area contributed by atoms with Crippen molar-refractivity contribution in [2.24, 2.45) is 10.7 Å². The summed E-state index contributed by atoms with van der Waals surface area (Å²) >= 11 is 1.49. The minimum atomic E-state index is 0. The summed E-state index contributed by atoms with van der Waals surface area (Å²) in [5.41, 5.74) is 7.58. The van der Waals surface area contributed by atoms with Gasteiger partial charge in [0.05, 0.1) is 18.2 Å². The van der Waals surface area contributed by atoms with Gasteiger partial charge in [0.2, 0.25) is 0 Å². The number of thiazole rings is 1. The Bertz CT molecular complexity index is 540. The van der Waals surface area contributed by atoms with Crippen LogP contribution in [-0.4, -0.2) is 27.5 Å². The van der Waals surface area contributed by atoms with Crippen LogP contribution in [0.25, 0.3) is 11.4 Å². The van der Waals surface area contributed by atoms with Gasteiger partial charge in [0.15, 0.2) is 11.1 Å². The molecule has 2 aromatic heterocycles. The molecule has 0 saturated carbocycles. The molecular formula is C13H22Br2N6S. The summed E-state index contributed by atoms with van der Waals surface area (Å²) in [6, 6.07) is 0. The minimum absolute atomic E-state index is 0. The van der Waals surface area contributed by atoms with Crippen LogP contribution in [0.1, 0.15) is 32.6 Å². The quantitative estimate of drug-likeness (QED) is 0.335. The first-order chi connectivity index (χ1) is 9.79. The molecule has 9 heteroatoms. The fourth-order valence-electron chi connectivity index (χ4n) is 1.74. The summed E-state index contributed by atoms with van der Waals surface area (Å²) < 4.78 is 0. The topological polar surface area (TPSA) is 92.0 Å². The highest BCUT2D eigenvalue weighted by atomic mass is 79.9. The van der Waals surface area contributed by atoms with Crippen molar-refractivity contribution < 1.29 is 0 Å². The lowest BCUT2D eigenvalue weighted by Crippen LogP contribution is -2.22. The van der Waals surface area contributed by atoms with Crippen molar-refractivity contribution in [3.63, 3.8) is 0 Å². The molecule has 2 aromatic rings. The Morgan fingerprint density at radius 2 is 2.18 bits per heavy atom. The molecule has 0 unspecified atom stereocenters. The highest BCUT2D eigenvalue weighted by Crippen LogP contribution is 2.22. The number of hydrogen-bond acceptors (Lipinski definition) is 4. The molecule has 2 heterocycles. The van der Waals surface area contributed by atoms with E-state index < -0.39 is 0 Å². The number of rotatable bonds is 7. The van der Waals surface area contributed by atoms with E-state index in [0.717, 1.165) is 29.5 Å². The molecule has 4 N–H and O–H groups in total. The number of nitrogens with zero attached hydrogens (tertiary/aromatic N) is 3. The number of halogens is 2. The average Bonchev–Trinajstić information content (AvgIpc) is 3.08. The first kappa shape index (κ1) is 21.1. The number of aromatic amines is 1. The van der Waals surface area contributed by atoms with E-state index >= 15 is 0 Å². The molecule has 0 radical (unpaired) electrons. The normalized spacial score (nSPS) is 10.7. The number of imidazole rings is 1. The molecule has 0 bridgehead atoms. The second-order valence-electron chi connectivity index (χ2n) is 4.46. The largest absolute Gasteiger partial charge is 0.370 e. The second-order valence-corrected chi connectivity index (χ2v) is 5.31. The fraction of sp³-hybridized carbons (Fsp3) is 0.462. The van der Waals surface area contributed by atoms with Crippen molar-refractivity contribution in [1.82, 2.24) is 15.0 Å². The zero-order chi connectivity index (χ0) is 14.2. The standard InChI is InChI=1S/C13H20N6S.2BrH/c1-2-3-4-5-6-16-12(14)19-13-18-11(8-20-13)10-7-15-9-17-10;;/h7-9H,2-6H2,1H3,(H,15,17)(H3,14,16,18,19);2*1H. The van der Waals surface area contributed by atoms with Gasteiger partial charge < -0.3 is 16.0 Å². The van der Waals surface area contributed by atoms with E-state index in [4.69, 9.17) is 5.73 Å². The maximum atomic E-state index is 5.83. The van der Waals surface area contributed by atoms with E-state index in [-0.39, 0.29) is 34.0 Å². The lowest BCUT2D eigenvalue weighted by molar-refractivity contribution is 0.675. The van der Waals surface area contributed by atoms with Gasteiger partial charge in [0, 0.05) is 11.9 Å². The van der Waals surface area contributed by atoms with Crippen molar-refractivity contribution >= 4 is 56.4 Å². The van der Waals surface area contributed by atoms with Gasteiger partial charge in [0.25, 0.3) is 0 Å². The number of aromatic nitrogens is 3. The predicted molar refractivity (Wildman–Crippen MR) is 105 cm³/mol. The monoisotopic (exact) mass is 452 g/mol. The van der Waals surface area contributed by atoms with E-state index in [1.807, 2.05) is 5.38 Å². The molecular weight excluding hydrogens is 432 g/mol. The molecule has 6 nitrogen and oxygen atoms in total. The van der Waals surface area contributed by atoms with Crippen molar-refractivity contribution in [1.29, 1.82) is 0 Å². The molecule has 0 spiro atoms. The predicted octanol–water partition coefficient (Wildman–Crippen LogP) is 4.00. The molecule has 0 aliphatic carbocycles. The molecule has 124 valence electrons. The summed E-state index contributed by atoms with van der Waals surface area (Å²) in [7, 11) is 0. The lowest BCUT2D eigenvalue weighted by Gasteiger charge is -2.01. The Hall–Kier alpha value is -0.930. The smallest absolute Gasteiger partial charge is 0.194 e. The summed E-state index contributed by atoms with van der Waals surface area (Å²) in [5.74, 6) is 0.423. The van der Waals surface area contributed by atoms with Crippen LogP contribution in [-0.2, 0) is 0 Å². The van der Waals surface area contributed by atoms with E-state index in [9.17, 15) is 0 Å². The number of H-pyrrole nitrogens is 1. The van der Waals surface area contributed by atoms with Gasteiger partial charge in [-0.1, -0.05) is 26.2 Å². The Balaban J connectivity index is 0.00000220. The maximum Gasteiger partial charge on any atom is 0.194 e. The lowest BCUT2D eigenvalue weighted by atomic mass is 10.2. The molecule has 0 fully saturated rings. The van der Waals surface area contributed by atoms with E-state index in [1.165, 1.54) is 30.6 Å². The number of hydrogen-bond donors (Lipinski definition) is 3. The highest BCUT2D eigenvalue weighted by Gasteiger charge is 2.05. The Kier molecular flexibility index (Phi) is 11.1. The molecule has 22 heavy (non-hydrogen) atoms. The van der Waals surface area contributed by atoms with Crippen LogP contribution in [0, 0.1) is 0 Å². The summed E-state index contributed by atoms with van der Waals surface area (Å²) in [5, 5.41) is 5.70. The van der Waals surface area contributed by atoms with Crippen molar-refractivity contribution in [2.45, 2.75) is 32.6 Å². The number of anilines is 1. The number of aliphatic imine (C=N–C) groups is 1. The molecule has 0 saturated heterocycles. The highest BCUT2D eigenvalue weighted by molar-refractivity contribution is 8.93. The van der Waals surface area contributed by atoms with Gasteiger partial charge >= 0.3 is 0 Å². The van der Waals surface area contributed by atoms with Crippen molar-refractivity contribution in [3.05, 3.63) is 17.9 Å². The van der Waals surface area contributed by atoms with Crippen molar-refractivity contribution in [2.75, 3.05) is 11.9 Å². The van der Waals surface area contributed by atoms with Crippen LogP contribution in [0.15, 0.2) is 22.9 Å². The zero-order valence-corrected chi connectivity index (χ0v) is 16.7. The Labute approximate surface area is 155 Å². The molecule has 0 amide bonds. The third-order valence-electron chi connectivity index (χ3n) is 2.81. The Morgan fingerprint density at radius 1 is 1.36 bits per heavy atom. The van der Waals surface area contributed by atoms with Gasteiger partial charge in [-0.3, -0.25) is 4.99 Å². The van der Waals surface area contributed by atoms with Crippen LogP contribution in [0.2, 0.25) is 0 Å². The maximum absolute atomic E-state index is 5.83. The van der Waals surface area contributed by atoms with Crippen LogP contribution < -0.4 is 11.1 Å². The molecule has 0 aliphatic heterocycles. The van der Waals surface area contributed by atoms with E-state index in [0.29, 0.717) is 5.96 Å². The van der Waals surface area contributed by atoms with Gasteiger partial charge in [-0.2, -0.15) is 0 Å². The number of nitrogens with one attached hydrogen (secondary N) is 2. The Morgan fingerprint density at radius 3 is 2.86 bits per heavy atom. The van der Waals surface area contributed by atoms with Crippen LogP contribution >= 0.6 is 45.3 Å². The third kappa shape index (κ3) is 6.89. The molecule has 0 atom stereocenters. The SMILES string of the molecule is Br.Br.CCCCCCN=C(N)Nc1nc(-c2cnc[nH]2)cs1. The molecule has 0 aliphatic rings. The summed E-state index contributed by atoms with van der Waals surface area (Å²) in [6.07, 6.45) is 8.13. The summed E-state index contributed by atoms with van der Waals surface area (Å²) in [4.78, 5) is 15.7. The van der Waals surface area contributed by atoms with Gasteiger partial charge in [-0.15, -0.1) is 45.3 Å². The van der Waals surface area contributed by atoms with Gasteiger partial charge in [-0.05, 0) is 6.42 Å². The first-order valence-electron chi connectivity index (χ1n) is 6.81. The van der Waals surface area contributed by atoms with E-state index in [1.54, 1.807) is 12.5 Å². The summed E-state index contributed by atoms with van der Waals surface area (Å²) in [6.45, 7) is 2.95. The average molecular weight is 454 g/mol. The van der Waals surface area contributed by atoms with Gasteiger partial charge in [0.1, 0.15) is 5.69 Å². The number of unbranched alkanes of at least 4 members (excludes halogenated alkanes) is 3.